The van der Waals surface area contributed by atoms with Crippen molar-refractivity contribution >= 4 is 51.3 Å². The number of hydrogen-bond acceptors (Lipinski definition) is 7. The van der Waals surface area contributed by atoms with E-state index in [1.807, 2.05) is 0 Å². The summed E-state index contributed by atoms with van der Waals surface area (Å²) in [5.41, 5.74) is 1.13. The quantitative estimate of drug-likeness (QED) is 0.470. The molecule has 0 aliphatic carbocycles. The van der Waals surface area contributed by atoms with Crippen molar-refractivity contribution in [1.82, 2.24) is 4.72 Å². The minimum absolute atomic E-state index is 0.00930. The third kappa shape index (κ3) is 3.80. The Kier molecular flexibility index (Phi) is 4.48. The fraction of sp³-hybridized carbons (Fsp3) is 0.0667. The van der Waals surface area contributed by atoms with Crippen molar-refractivity contribution in [2.24, 2.45) is 4.99 Å². The van der Waals surface area contributed by atoms with Gasteiger partial charge in [0.25, 0.3) is 0 Å². The molecule has 0 saturated heterocycles. The molecule has 0 radical (unpaired) electrons. The number of amides is 1. The lowest BCUT2D eigenvalue weighted by Gasteiger charge is -2.37. The first-order valence-corrected chi connectivity index (χ1v) is 8.99. The van der Waals surface area contributed by atoms with Crippen LogP contribution >= 0.6 is 22.4 Å². The summed E-state index contributed by atoms with van der Waals surface area (Å²) in [5, 5.41) is 15.7. The van der Waals surface area contributed by atoms with E-state index < -0.39 is 10.8 Å². The highest BCUT2D eigenvalue weighted by Gasteiger charge is 2.29. The van der Waals surface area contributed by atoms with Gasteiger partial charge in [0.2, 0.25) is 11.9 Å². The molecule has 2 aromatic rings. The predicted molar refractivity (Wildman–Crippen MR) is 98.8 cm³/mol. The Morgan fingerprint density at radius 2 is 1.96 bits per heavy atom. The number of guanidine groups is 1. The van der Waals surface area contributed by atoms with Crippen LogP contribution in [0.15, 0.2) is 46.3 Å². The molecule has 0 aromatic heterocycles. The van der Waals surface area contributed by atoms with Crippen LogP contribution in [0.1, 0.15) is 6.92 Å². The van der Waals surface area contributed by atoms with Crippen molar-refractivity contribution in [2.45, 2.75) is 11.8 Å². The predicted octanol–water partition coefficient (Wildman–Crippen LogP) is 3.73. The number of hydrogen-bond donors (Lipinski definition) is 6. The number of nitrogens with zero attached hydrogens (tertiary/aromatic N) is 1. The molecule has 0 fully saturated rings. The van der Waals surface area contributed by atoms with Crippen LogP contribution in [0.5, 0.6) is 5.75 Å². The number of aromatic hydroxyl groups is 1. The molecule has 0 saturated carbocycles. The van der Waals surface area contributed by atoms with Crippen molar-refractivity contribution in [3.8, 4) is 5.75 Å². The van der Waals surface area contributed by atoms with Crippen LogP contribution in [-0.2, 0) is 4.79 Å². The molecule has 0 unspecified atom stereocenters. The molecule has 6 N–H and O–H groups in total. The van der Waals surface area contributed by atoms with Gasteiger partial charge in [-0.15, -0.1) is 0 Å². The Balaban J connectivity index is 1.94. The summed E-state index contributed by atoms with van der Waals surface area (Å²) >= 11 is 5.84. The molecular weight excluding hydrogens is 368 g/mol. The molecule has 0 bridgehead atoms. The minimum Gasteiger partial charge on any atom is -0.506 e. The number of nitrogens with one attached hydrogen (secondary N) is 3. The molecule has 2 aromatic carbocycles. The fourth-order valence-electron chi connectivity index (χ4n) is 2.28. The van der Waals surface area contributed by atoms with Gasteiger partial charge in [-0.3, -0.25) is 13.9 Å². The van der Waals surface area contributed by atoms with Gasteiger partial charge in [0.1, 0.15) is 16.3 Å². The van der Waals surface area contributed by atoms with Crippen molar-refractivity contribution in [3.63, 3.8) is 0 Å². The number of anilines is 2. The Morgan fingerprint density at radius 1 is 1.24 bits per heavy atom. The number of phenols is 1. The van der Waals surface area contributed by atoms with E-state index in [4.69, 9.17) is 11.6 Å². The van der Waals surface area contributed by atoms with Crippen molar-refractivity contribution in [1.29, 1.82) is 0 Å². The van der Waals surface area contributed by atoms with Gasteiger partial charge in [-0.1, -0.05) is 28.4 Å². The molecule has 1 aliphatic rings. The van der Waals surface area contributed by atoms with Gasteiger partial charge in [0.15, 0.2) is 0 Å². The summed E-state index contributed by atoms with van der Waals surface area (Å²) in [6.07, 6.45) is 0. The zero-order valence-electron chi connectivity index (χ0n) is 12.9. The number of carbonyl (C=O) groups is 1. The topological polar surface area (TPSA) is 126 Å². The zero-order chi connectivity index (χ0) is 18.2. The molecule has 1 heterocycles. The summed E-state index contributed by atoms with van der Waals surface area (Å²) in [6.45, 7) is 1.40. The summed E-state index contributed by atoms with van der Waals surface area (Å²) in [7, 11) is -3.44. The average molecular weight is 383 g/mol. The highest BCUT2D eigenvalue weighted by atomic mass is 35.5. The van der Waals surface area contributed by atoms with Crippen LogP contribution in [0.25, 0.3) is 0 Å². The van der Waals surface area contributed by atoms with E-state index in [1.54, 1.807) is 24.3 Å². The summed E-state index contributed by atoms with van der Waals surface area (Å²) in [4.78, 5) is 15.3. The lowest BCUT2D eigenvalue weighted by molar-refractivity contribution is -0.114. The maximum Gasteiger partial charge on any atom is 0.221 e. The number of fused-ring (bicyclic) bond motifs is 1. The summed E-state index contributed by atoms with van der Waals surface area (Å²) < 4.78 is 23.0. The van der Waals surface area contributed by atoms with Gasteiger partial charge in [-0.25, -0.2) is 9.71 Å². The van der Waals surface area contributed by atoms with E-state index in [0.29, 0.717) is 11.4 Å². The minimum atomic E-state index is -3.44. The highest BCUT2D eigenvalue weighted by molar-refractivity contribution is 8.23. The zero-order valence-corrected chi connectivity index (χ0v) is 14.5. The van der Waals surface area contributed by atoms with Gasteiger partial charge in [0, 0.05) is 29.4 Å². The molecule has 10 heteroatoms. The molecule has 0 atom stereocenters. The molecule has 132 valence electrons. The summed E-state index contributed by atoms with van der Waals surface area (Å²) in [6, 6.07) is 9.36. The third-order valence-corrected chi connectivity index (χ3v) is 4.86. The van der Waals surface area contributed by atoms with E-state index >= 15 is 0 Å². The molecule has 0 spiro atoms. The van der Waals surface area contributed by atoms with Gasteiger partial charge in [-0.2, -0.15) is 0 Å². The smallest absolute Gasteiger partial charge is 0.221 e. The second-order valence-electron chi connectivity index (χ2n) is 5.27. The van der Waals surface area contributed by atoms with E-state index in [2.05, 4.69) is 20.3 Å². The third-order valence-electron chi connectivity index (χ3n) is 3.23. The first-order valence-electron chi connectivity index (χ1n) is 7.06. The van der Waals surface area contributed by atoms with E-state index in [9.17, 15) is 19.0 Å². The van der Waals surface area contributed by atoms with E-state index in [-0.39, 0.29) is 33.2 Å². The second-order valence-corrected chi connectivity index (χ2v) is 7.45. The second kappa shape index (κ2) is 6.45. The monoisotopic (exact) mass is 382 g/mol. The number of halogens is 1. The van der Waals surface area contributed by atoms with Crippen LogP contribution < -0.4 is 15.4 Å². The van der Waals surface area contributed by atoms with Gasteiger partial charge < -0.3 is 15.7 Å². The lowest BCUT2D eigenvalue weighted by atomic mass is 10.2. The van der Waals surface area contributed by atoms with Crippen LogP contribution in [0.4, 0.5) is 17.1 Å². The fourth-order valence-corrected chi connectivity index (χ4v) is 3.75. The normalized spacial score (nSPS) is 16.1. The average Bonchev–Trinajstić information content (AvgIpc) is 2.48. The first kappa shape index (κ1) is 17.4. The standard InChI is InChI=1S/C15H15ClN4O4S/c1-8(21)17-10-3-2-4-11(7-10)18-15-19-14-12(22)5-9(16)6-13(14)25(23,24)20-15/h2-7,22-24H,1H3,(H,17,21)(H2,18,19,20). The van der Waals surface area contributed by atoms with Gasteiger partial charge in [0.05, 0.1) is 0 Å². The molecule has 3 rings (SSSR count). The van der Waals surface area contributed by atoms with Crippen LogP contribution in [0.2, 0.25) is 5.02 Å². The maximum absolute atomic E-state index is 11.1. The van der Waals surface area contributed by atoms with E-state index in [0.717, 1.165) is 0 Å². The highest BCUT2D eigenvalue weighted by Crippen LogP contribution is 2.55. The maximum atomic E-state index is 11.1. The molecule has 1 amide bonds. The largest absolute Gasteiger partial charge is 0.506 e. The van der Waals surface area contributed by atoms with Crippen molar-refractivity contribution in [3.05, 3.63) is 41.4 Å². The first-order chi connectivity index (χ1) is 11.7. The van der Waals surface area contributed by atoms with Gasteiger partial charge in [-0.05, 0) is 24.3 Å². The Bertz CT molecular complexity index is 888. The SMILES string of the molecule is CC(=O)Nc1cccc(NC2=Nc3c(O)cc(Cl)cc3S(O)(O)N2)c1. The Hall–Kier alpha value is -2.46. The summed E-state index contributed by atoms with van der Waals surface area (Å²) in [5.74, 6) is -0.449. The van der Waals surface area contributed by atoms with Gasteiger partial charge >= 0.3 is 0 Å². The van der Waals surface area contributed by atoms with Crippen molar-refractivity contribution in [2.75, 3.05) is 10.6 Å². The Morgan fingerprint density at radius 3 is 2.68 bits per heavy atom. The number of aliphatic imine (C=N–C) groups is 1. The Labute approximate surface area is 150 Å². The molecule has 1 aliphatic heterocycles. The van der Waals surface area contributed by atoms with Crippen LogP contribution in [0, 0.1) is 0 Å². The van der Waals surface area contributed by atoms with Crippen LogP contribution in [-0.4, -0.2) is 26.1 Å². The number of benzene rings is 2. The van der Waals surface area contributed by atoms with Crippen LogP contribution in [0.3, 0.4) is 0 Å². The number of carbonyl (C=O) groups excluding carboxylic acids is 1. The lowest BCUT2D eigenvalue weighted by Crippen LogP contribution is -2.35. The molecule has 25 heavy (non-hydrogen) atoms. The van der Waals surface area contributed by atoms with E-state index in [1.165, 1.54) is 19.1 Å². The number of phenolic OH excluding ortho intramolecular Hbond substituents is 1. The number of rotatable bonds is 2. The van der Waals surface area contributed by atoms with Crippen molar-refractivity contribution < 1.29 is 19.0 Å². The molecular formula is C15H15ClN4O4S. The molecule has 8 nitrogen and oxygen atoms in total.